The van der Waals surface area contributed by atoms with Crippen molar-refractivity contribution in [2.75, 3.05) is 18.4 Å². The zero-order valence-electron chi connectivity index (χ0n) is 17.1. The van der Waals surface area contributed by atoms with Crippen molar-refractivity contribution in [3.05, 3.63) is 77.4 Å². The highest BCUT2D eigenvalue weighted by Crippen LogP contribution is 2.30. The number of nitrogens with zero attached hydrogens (tertiary/aromatic N) is 2. The molecule has 0 aliphatic carbocycles. The van der Waals surface area contributed by atoms with E-state index >= 15 is 0 Å². The smallest absolute Gasteiger partial charge is 0.259 e. The van der Waals surface area contributed by atoms with Crippen molar-refractivity contribution in [3.8, 4) is 5.69 Å². The first-order chi connectivity index (χ1) is 14.5. The van der Waals surface area contributed by atoms with Gasteiger partial charge >= 0.3 is 0 Å². The number of piperidine rings is 1. The van der Waals surface area contributed by atoms with Crippen LogP contribution in [0.4, 0.5) is 10.1 Å². The van der Waals surface area contributed by atoms with Gasteiger partial charge in [-0.1, -0.05) is 12.1 Å². The molecule has 2 aromatic carbocycles. The molecule has 3 aromatic rings. The number of carbonyl (C=O) groups excluding carboxylic acids is 2. The Hall–Kier alpha value is -3.03. The second-order valence-corrected chi connectivity index (χ2v) is 7.45. The number of ketones is 1. The van der Waals surface area contributed by atoms with Gasteiger partial charge in [-0.2, -0.15) is 5.10 Å². The van der Waals surface area contributed by atoms with Crippen molar-refractivity contribution >= 4 is 29.8 Å². The third-order valence-corrected chi connectivity index (χ3v) is 5.38. The molecule has 0 saturated carbocycles. The lowest BCUT2D eigenvalue weighted by Crippen LogP contribution is -2.29. The molecule has 2 N–H and O–H groups in total. The minimum Gasteiger partial charge on any atom is -0.322 e. The molecule has 162 valence electrons. The molecule has 0 spiro atoms. The van der Waals surface area contributed by atoms with Crippen LogP contribution in [0.5, 0.6) is 0 Å². The van der Waals surface area contributed by atoms with Crippen LogP contribution < -0.4 is 10.6 Å². The molecular weight excluding hydrogens is 419 g/mol. The molecule has 0 unspecified atom stereocenters. The molecular formula is C23H24ClFN4O2. The fourth-order valence-electron chi connectivity index (χ4n) is 3.82. The summed E-state index contributed by atoms with van der Waals surface area (Å²) < 4.78 is 15.1. The quantitative estimate of drug-likeness (QED) is 0.576. The minimum atomic E-state index is -0.322. The third-order valence-electron chi connectivity index (χ3n) is 5.38. The second-order valence-electron chi connectivity index (χ2n) is 7.45. The van der Waals surface area contributed by atoms with E-state index in [1.165, 1.54) is 19.1 Å². The van der Waals surface area contributed by atoms with Crippen LogP contribution in [0.3, 0.4) is 0 Å². The van der Waals surface area contributed by atoms with Crippen molar-refractivity contribution in [2.45, 2.75) is 25.7 Å². The van der Waals surface area contributed by atoms with Gasteiger partial charge in [0.2, 0.25) is 0 Å². The SMILES string of the molecule is CC(=O)c1cccc(NC(=O)c2cnn(-c3ccc(F)cc3)c2C2CCNCC2)c1.Cl. The maximum atomic E-state index is 13.4. The Labute approximate surface area is 186 Å². The first-order valence-electron chi connectivity index (χ1n) is 10.00. The Morgan fingerprint density at radius 2 is 1.84 bits per heavy atom. The second kappa shape index (κ2) is 9.85. The minimum absolute atomic E-state index is 0. The van der Waals surface area contributed by atoms with Gasteiger partial charge in [-0.15, -0.1) is 12.4 Å². The Morgan fingerprint density at radius 3 is 2.52 bits per heavy atom. The van der Waals surface area contributed by atoms with Crippen molar-refractivity contribution in [3.63, 3.8) is 0 Å². The molecule has 1 fully saturated rings. The van der Waals surface area contributed by atoms with Crippen LogP contribution in [0.2, 0.25) is 0 Å². The molecule has 4 rings (SSSR count). The predicted octanol–water partition coefficient (Wildman–Crippen LogP) is 4.36. The van der Waals surface area contributed by atoms with Crippen LogP contribution in [0.25, 0.3) is 5.69 Å². The summed E-state index contributed by atoms with van der Waals surface area (Å²) in [5, 5.41) is 10.7. The van der Waals surface area contributed by atoms with Gasteiger partial charge in [0.15, 0.2) is 5.78 Å². The number of Topliss-reactive ketones (excluding diaryl/α,β-unsaturated/α-hetero) is 1. The lowest BCUT2D eigenvalue weighted by Gasteiger charge is -2.24. The number of hydrogen-bond acceptors (Lipinski definition) is 4. The van der Waals surface area contributed by atoms with E-state index in [-0.39, 0.29) is 35.8 Å². The van der Waals surface area contributed by atoms with E-state index < -0.39 is 0 Å². The number of halogens is 2. The van der Waals surface area contributed by atoms with Crippen LogP contribution in [-0.2, 0) is 0 Å². The number of nitrogens with one attached hydrogen (secondary N) is 2. The predicted molar refractivity (Wildman–Crippen MR) is 120 cm³/mol. The Bertz CT molecular complexity index is 1080. The van der Waals surface area contributed by atoms with Crippen LogP contribution in [0.1, 0.15) is 52.1 Å². The summed E-state index contributed by atoms with van der Waals surface area (Å²) in [6.45, 7) is 3.21. The van der Waals surface area contributed by atoms with E-state index in [0.29, 0.717) is 22.5 Å². The number of benzene rings is 2. The number of rotatable bonds is 5. The zero-order chi connectivity index (χ0) is 21.1. The van der Waals surface area contributed by atoms with Crippen molar-refractivity contribution in [1.82, 2.24) is 15.1 Å². The molecule has 1 amide bonds. The zero-order valence-corrected chi connectivity index (χ0v) is 17.9. The standard InChI is InChI=1S/C23H23FN4O2.ClH/c1-15(29)17-3-2-4-19(13-17)27-23(30)21-14-26-28(20-7-5-18(24)6-8-20)22(21)16-9-11-25-12-10-16;/h2-8,13-14,16,25H,9-12H2,1H3,(H,27,30);1H. The molecule has 0 atom stereocenters. The molecule has 0 radical (unpaired) electrons. The van der Waals surface area contributed by atoms with Gasteiger partial charge in [0, 0.05) is 17.2 Å². The maximum Gasteiger partial charge on any atom is 0.259 e. The summed E-state index contributed by atoms with van der Waals surface area (Å²) in [5.41, 5.74) is 3.11. The van der Waals surface area contributed by atoms with Crippen LogP contribution in [-0.4, -0.2) is 34.6 Å². The van der Waals surface area contributed by atoms with Gasteiger partial charge in [0.1, 0.15) is 5.82 Å². The fourth-order valence-corrected chi connectivity index (χ4v) is 3.82. The largest absolute Gasteiger partial charge is 0.322 e. The Kier molecular flexibility index (Phi) is 7.20. The third kappa shape index (κ3) is 5.00. The van der Waals surface area contributed by atoms with Gasteiger partial charge in [0.25, 0.3) is 5.91 Å². The van der Waals surface area contributed by atoms with Gasteiger partial charge in [-0.05, 0) is 69.3 Å². The Balaban J connectivity index is 0.00000272. The van der Waals surface area contributed by atoms with E-state index in [0.717, 1.165) is 31.6 Å². The summed E-state index contributed by atoms with van der Waals surface area (Å²) >= 11 is 0. The van der Waals surface area contributed by atoms with Crippen molar-refractivity contribution < 1.29 is 14.0 Å². The van der Waals surface area contributed by atoms with Crippen molar-refractivity contribution in [1.29, 1.82) is 0 Å². The van der Waals surface area contributed by atoms with E-state index in [9.17, 15) is 14.0 Å². The summed E-state index contributed by atoms with van der Waals surface area (Å²) in [5.74, 6) is -0.510. The number of hydrogen-bond donors (Lipinski definition) is 2. The lowest BCUT2D eigenvalue weighted by molar-refractivity contribution is 0.101. The molecule has 1 aliphatic heterocycles. The first-order valence-corrected chi connectivity index (χ1v) is 10.00. The van der Waals surface area contributed by atoms with Crippen LogP contribution in [0.15, 0.2) is 54.7 Å². The maximum absolute atomic E-state index is 13.4. The topological polar surface area (TPSA) is 76.0 Å². The summed E-state index contributed by atoms with van der Waals surface area (Å²) in [7, 11) is 0. The number of anilines is 1. The molecule has 2 heterocycles. The summed E-state index contributed by atoms with van der Waals surface area (Å²) in [6, 6.07) is 12.9. The fraction of sp³-hybridized carbons (Fsp3) is 0.261. The average molecular weight is 443 g/mol. The number of amides is 1. The highest BCUT2D eigenvalue weighted by molar-refractivity contribution is 6.06. The Morgan fingerprint density at radius 1 is 1.13 bits per heavy atom. The van der Waals surface area contributed by atoms with Gasteiger partial charge in [-0.3, -0.25) is 9.59 Å². The van der Waals surface area contributed by atoms with Gasteiger partial charge < -0.3 is 10.6 Å². The van der Waals surface area contributed by atoms with E-state index in [1.807, 2.05) is 0 Å². The number of carbonyl (C=O) groups is 2. The molecule has 1 saturated heterocycles. The monoisotopic (exact) mass is 442 g/mol. The highest BCUT2D eigenvalue weighted by Gasteiger charge is 2.27. The van der Waals surface area contributed by atoms with E-state index in [1.54, 1.807) is 47.3 Å². The molecule has 0 bridgehead atoms. The molecule has 1 aliphatic rings. The lowest BCUT2D eigenvalue weighted by atomic mass is 9.91. The van der Waals surface area contributed by atoms with Gasteiger partial charge in [0.05, 0.1) is 23.1 Å². The molecule has 6 nitrogen and oxygen atoms in total. The molecule has 8 heteroatoms. The average Bonchev–Trinajstić information content (AvgIpc) is 3.20. The first kappa shape index (κ1) is 22.7. The normalized spacial score (nSPS) is 14.0. The summed E-state index contributed by atoms with van der Waals surface area (Å²) in [4.78, 5) is 24.8. The van der Waals surface area contributed by atoms with E-state index in [2.05, 4.69) is 15.7 Å². The van der Waals surface area contributed by atoms with Crippen LogP contribution >= 0.6 is 12.4 Å². The molecule has 1 aromatic heterocycles. The molecule has 31 heavy (non-hydrogen) atoms. The van der Waals surface area contributed by atoms with Crippen molar-refractivity contribution in [2.24, 2.45) is 0 Å². The van der Waals surface area contributed by atoms with Gasteiger partial charge in [-0.25, -0.2) is 9.07 Å². The highest BCUT2D eigenvalue weighted by atomic mass is 35.5. The number of aromatic nitrogens is 2. The summed E-state index contributed by atoms with van der Waals surface area (Å²) in [6.07, 6.45) is 3.32. The van der Waals surface area contributed by atoms with Crippen LogP contribution in [0, 0.1) is 5.82 Å². The van der Waals surface area contributed by atoms with E-state index in [4.69, 9.17) is 0 Å².